The van der Waals surface area contributed by atoms with Gasteiger partial charge in [0.05, 0.1) is 12.8 Å². The van der Waals surface area contributed by atoms with Crippen molar-refractivity contribution in [3.63, 3.8) is 0 Å². The number of hydrogen-bond acceptors (Lipinski definition) is 2. The van der Waals surface area contributed by atoms with Gasteiger partial charge >= 0.3 is 0 Å². The number of halogens is 1. The lowest BCUT2D eigenvalue weighted by molar-refractivity contribution is 0.314. The van der Waals surface area contributed by atoms with Crippen LogP contribution in [0.3, 0.4) is 0 Å². The summed E-state index contributed by atoms with van der Waals surface area (Å²) in [4.78, 5) is 4.28. The highest BCUT2D eigenvalue weighted by atomic mass is 35.5. The third-order valence-corrected chi connectivity index (χ3v) is 3.94. The molecule has 0 saturated heterocycles. The van der Waals surface area contributed by atoms with Gasteiger partial charge in [0.25, 0.3) is 0 Å². The highest BCUT2D eigenvalue weighted by molar-refractivity contribution is 6.20. The smallest absolute Gasteiger partial charge is 0.137 e. The number of pyridine rings is 1. The van der Waals surface area contributed by atoms with Gasteiger partial charge in [-0.1, -0.05) is 13.8 Å². The Hall–Kier alpha value is -0.760. The zero-order valence-electron chi connectivity index (χ0n) is 10.6. The van der Waals surface area contributed by atoms with Crippen molar-refractivity contribution in [1.82, 2.24) is 4.98 Å². The molecule has 0 amide bonds. The molecule has 1 aromatic rings. The minimum absolute atomic E-state index is 0.172. The summed E-state index contributed by atoms with van der Waals surface area (Å²) in [6.07, 6.45) is 8.03. The predicted octanol–water partition coefficient (Wildman–Crippen LogP) is 3.92. The van der Waals surface area contributed by atoms with Crippen molar-refractivity contribution in [2.24, 2.45) is 0 Å². The van der Waals surface area contributed by atoms with E-state index in [-0.39, 0.29) is 5.41 Å². The second kappa shape index (κ2) is 5.26. The average Bonchev–Trinajstić information content (AvgIpc) is 2.68. The van der Waals surface area contributed by atoms with E-state index < -0.39 is 0 Å². The molecule has 0 aliphatic heterocycles. The summed E-state index contributed by atoms with van der Waals surface area (Å²) in [7, 11) is 0. The molecule has 17 heavy (non-hydrogen) atoms. The van der Waals surface area contributed by atoms with Crippen LogP contribution in [0.1, 0.15) is 45.1 Å². The summed E-state index contributed by atoms with van der Waals surface area (Å²) in [5.74, 6) is 0.878. The van der Waals surface area contributed by atoms with Crippen LogP contribution in [0, 0.1) is 0 Å². The lowest BCUT2D eigenvalue weighted by Crippen LogP contribution is -2.18. The van der Waals surface area contributed by atoms with Crippen molar-refractivity contribution in [3.8, 4) is 5.75 Å². The summed E-state index contributed by atoms with van der Waals surface area (Å²) < 4.78 is 5.63. The van der Waals surface area contributed by atoms with Gasteiger partial charge in [0.2, 0.25) is 0 Å². The number of nitrogens with zero attached hydrogens (tertiary/aromatic N) is 1. The Labute approximate surface area is 108 Å². The molecule has 2 rings (SSSR count). The number of hydrogen-bond donors (Lipinski definition) is 0. The molecule has 3 heteroatoms. The highest BCUT2D eigenvalue weighted by Crippen LogP contribution is 2.43. The Bertz CT molecular complexity index is 382. The predicted molar refractivity (Wildman–Crippen MR) is 70.9 cm³/mol. The summed E-state index contributed by atoms with van der Waals surface area (Å²) >= 11 is 6.22. The van der Waals surface area contributed by atoms with Crippen LogP contribution in [-0.4, -0.2) is 17.0 Å². The zero-order chi connectivity index (χ0) is 12.3. The van der Waals surface area contributed by atoms with E-state index in [9.17, 15) is 0 Å². The molecule has 0 N–H and O–H groups in total. The molecule has 0 spiro atoms. The maximum Gasteiger partial charge on any atom is 0.137 e. The van der Waals surface area contributed by atoms with Crippen LogP contribution >= 0.6 is 11.6 Å². The molecule has 2 nitrogen and oxygen atoms in total. The Morgan fingerprint density at radius 1 is 1.53 bits per heavy atom. The van der Waals surface area contributed by atoms with Crippen LogP contribution in [0.2, 0.25) is 0 Å². The van der Waals surface area contributed by atoms with E-state index in [1.165, 1.54) is 5.56 Å². The third-order valence-electron chi connectivity index (χ3n) is 3.56. The second-order valence-corrected chi connectivity index (χ2v) is 5.78. The highest BCUT2D eigenvalue weighted by Gasteiger charge is 2.36. The Morgan fingerprint density at radius 3 is 3.00 bits per heavy atom. The van der Waals surface area contributed by atoms with Gasteiger partial charge in [-0.25, -0.2) is 0 Å². The first-order chi connectivity index (χ1) is 8.14. The fourth-order valence-corrected chi connectivity index (χ4v) is 2.93. The van der Waals surface area contributed by atoms with Crippen molar-refractivity contribution in [2.75, 3.05) is 6.61 Å². The molecule has 1 fully saturated rings. The van der Waals surface area contributed by atoms with E-state index in [1.54, 1.807) is 6.20 Å². The minimum atomic E-state index is 0.172. The first-order valence-corrected chi connectivity index (χ1v) is 6.80. The van der Waals surface area contributed by atoms with Crippen LogP contribution in [0.25, 0.3) is 0 Å². The molecule has 0 aromatic carbocycles. The second-order valence-electron chi connectivity index (χ2n) is 5.16. The van der Waals surface area contributed by atoms with Crippen LogP contribution in [-0.2, 0) is 5.41 Å². The quantitative estimate of drug-likeness (QED) is 0.759. The number of rotatable bonds is 4. The maximum absolute atomic E-state index is 6.22. The molecule has 1 aromatic heterocycles. The Kier molecular flexibility index (Phi) is 3.93. The van der Waals surface area contributed by atoms with Crippen LogP contribution in [0.5, 0.6) is 5.75 Å². The normalized spacial score (nSPS) is 28.3. The van der Waals surface area contributed by atoms with Gasteiger partial charge in [0.1, 0.15) is 5.75 Å². The van der Waals surface area contributed by atoms with Crippen LogP contribution in [0.15, 0.2) is 18.5 Å². The van der Waals surface area contributed by atoms with E-state index in [4.69, 9.17) is 16.3 Å². The van der Waals surface area contributed by atoms with Crippen LogP contribution in [0.4, 0.5) is 0 Å². The topological polar surface area (TPSA) is 22.1 Å². The Balaban J connectivity index is 2.15. The van der Waals surface area contributed by atoms with Crippen molar-refractivity contribution in [1.29, 1.82) is 0 Å². The first kappa shape index (κ1) is 12.7. The Morgan fingerprint density at radius 2 is 2.35 bits per heavy atom. The van der Waals surface area contributed by atoms with Crippen molar-refractivity contribution in [2.45, 2.75) is 50.3 Å². The zero-order valence-corrected chi connectivity index (χ0v) is 11.3. The minimum Gasteiger partial charge on any atom is -0.492 e. The van der Waals surface area contributed by atoms with Crippen molar-refractivity contribution < 1.29 is 4.74 Å². The molecule has 2 unspecified atom stereocenters. The first-order valence-electron chi connectivity index (χ1n) is 6.36. The van der Waals surface area contributed by atoms with E-state index in [2.05, 4.69) is 24.9 Å². The van der Waals surface area contributed by atoms with Crippen LogP contribution < -0.4 is 4.74 Å². The van der Waals surface area contributed by atoms with Gasteiger partial charge in [-0.3, -0.25) is 4.98 Å². The largest absolute Gasteiger partial charge is 0.492 e. The van der Waals surface area contributed by atoms with E-state index >= 15 is 0 Å². The van der Waals surface area contributed by atoms with Crippen molar-refractivity contribution >= 4 is 11.6 Å². The van der Waals surface area contributed by atoms with E-state index in [0.29, 0.717) is 5.38 Å². The lowest BCUT2D eigenvalue weighted by atomic mass is 9.82. The van der Waals surface area contributed by atoms with Gasteiger partial charge in [0.15, 0.2) is 0 Å². The standard InChI is InChI=1S/C14H20ClNO/c1-3-6-17-13-7-11(9-16-10-13)14(2)5-4-12(15)8-14/h7,9-10,12H,3-6,8H2,1-2H3. The number of ether oxygens (including phenoxy) is 1. The lowest BCUT2D eigenvalue weighted by Gasteiger charge is -2.24. The molecule has 94 valence electrons. The van der Waals surface area contributed by atoms with Gasteiger partial charge in [-0.15, -0.1) is 11.6 Å². The molecule has 1 saturated carbocycles. The molecule has 1 aliphatic carbocycles. The van der Waals surface area contributed by atoms with E-state index in [1.807, 2.05) is 6.20 Å². The van der Waals surface area contributed by atoms with E-state index in [0.717, 1.165) is 38.0 Å². The number of alkyl halides is 1. The monoisotopic (exact) mass is 253 g/mol. The van der Waals surface area contributed by atoms with Crippen molar-refractivity contribution in [3.05, 3.63) is 24.0 Å². The SMILES string of the molecule is CCCOc1cncc(C2(C)CCC(Cl)C2)c1. The maximum atomic E-state index is 6.22. The third kappa shape index (κ3) is 2.92. The summed E-state index contributed by atoms with van der Waals surface area (Å²) in [6, 6.07) is 2.12. The van der Waals surface area contributed by atoms with Gasteiger partial charge in [0, 0.05) is 11.6 Å². The molecule has 1 heterocycles. The van der Waals surface area contributed by atoms with Gasteiger partial charge < -0.3 is 4.74 Å². The molecule has 1 aliphatic rings. The summed E-state index contributed by atoms with van der Waals surface area (Å²) in [5, 5.41) is 0.306. The molecular formula is C14H20ClNO. The fraction of sp³-hybridized carbons (Fsp3) is 0.643. The summed E-state index contributed by atoms with van der Waals surface area (Å²) in [6.45, 7) is 5.13. The molecule has 0 radical (unpaired) electrons. The van der Waals surface area contributed by atoms with Gasteiger partial charge in [-0.05, 0) is 42.7 Å². The molecule has 0 bridgehead atoms. The number of aromatic nitrogens is 1. The molecular weight excluding hydrogens is 234 g/mol. The average molecular weight is 254 g/mol. The summed E-state index contributed by atoms with van der Waals surface area (Å²) in [5.41, 5.74) is 1.43. The fourth-order valence-electron chi connectivity index (χ4n) is 2.48. The van der Waals surface area contributed by atoms with Gasteiger partial charge in [-0.2, -0.15) is 0 Å². The molecule has 2 atom stereocenters.